The van der Waals surface area contributed by atoms with E-state index in [0.29, 0.717) is 17.9 Å². The second-order valence-corrected chi connectivity index (χ2v) is 7.66. The van der Waals surface area contributed by atoms with Gasteiger partial charge in [-0.2, -0.15) is 4.98 Å². The zero-order valence-electron chi connectivity index (χ0n) is 16.4. The van der Waals surface area contributed by atoms with E-state index in [2.05, 4.69) is 20.1 Å². The van der Waals surface area contributed by atoms with Crippen molar-refractivity contribution >= 4 is 46.3 Å². The van der Waals surface area contributed by atoms with Gasteiger partial charge >= 0.3 is 11.9 Å². The van der Waals surface area contributed by atoms with Gasteiger partial charge in [0.15, 0.2) is 22.7 Å². The summed E-state index contributed by atoms with van der Waals surface area (Å²) < 4.78 is 18.5. The molecular weight excluding hydrogens is 453 g/mol. The Bertz CT molecular complexity index is 1150. The molecule has 0 amide bonds. The van der Waals surface area contributed by atoms with Crippen molar-refractivity contribution in [3.05, 3.63) is 34.3 Å². The van der Waals surface area contributed by atoms with E-state index in [9.17, 15) is 14.7 Å². The highest BCUT2D eigenvalue weighted by molar-refractivity contribution is 6.35. The third kappa shape index (κ3) is 4.08. The molecule has 1 aliphatic rings. The Morgan fingerprint density at radius 3 is 2.74 bits per heavy atom. The minimum absolute atomic E-state index is 0.0393. The average Bonchev–Trinajstić information content (AvgIpc) is 3.39. The number of nitrogens with zero attached hydrogens (tertiary/aromatic N) is 5. The predicted octanol–water partition coefficient (Wildman–Crippen LogP) is 2.98. The first-order valence-corrected chi connectivity index (χ1v) is 10.1. The number of rotatable bonds is 6. The molecule has 13 heteroatoms. The van der Waals surface area contributed by atoms with Crippen molar-refractivity contribution in [2.45, 2.75) is 45.1 Å². The monoisotopic (exact) mass is 469 g/mol. The predicted molar refractivity (Wildman–Crippen MR) is 105 cm³/mol. The molecule has 1 saturated heterocycles. The molecule has 1 aliphatic heterocycles. The maximum absolute atomic E-state index is 11.8. The Morgan fingerprint density at radius 1 is 1.32 bits per heavy atom. The molecule has 0 radical (unpaired) electrons. The van der Waals surface area contributed by atoms with Crippen LogP contribution in [0.25, 0.3) is 11.2 Å². The van der Waals surface area contributed by atoms with Gasteiger partial charge in [0.1, 0.15) is 17.8 Å². The summed E-state index contributed by atoms with van der Waals surface area (Å²) in [6.07, 6.45) is -1.12. The van der Waals surface area contributed by atoms with Crippen molar-refractivity contribution in [2.75, 3.05) is 0 Å². The van der Waals surface area contributed by atoms with Gasteiger partial charge in [-0.15, -0.1) is 0 Å². The molecule has 1 N–H and O–H groups in total. The third-order valence-corrected chi connectivity index (χ3v) is 5.36. The van der Waals surface area contributed by atoms with Crippen LogP contribution in [0.15, 0.2) is 16.9 Å². The van der Waals surface area contributed by atoms with E-state index < -0.39 is 36.3 Å². The Balaban J connectivity index is 1.82. The first-order valence-electron chi connectivity index (χ1n) is 9.34. The number of halogens is 2. The summed E-state index contributed by atoms with van der Waals surface area (Å²) in [7, 11) is 0. The normalized spacial score (nSPS) is 23.4. The lowest BCUT2D eigenvalue weighted by molar-refractivity contribution is -0.153. The van der Waals surface area contributed by atoms with Crippen LogP contribution in [0.2, 0.25) is 10.4 Å². The number of aromatic nitrogens is 5. The smallest absolute Gasteiger partial charge is 0.303 e. The highest BCUT2D eigenvalue weighted by atomic mass is 35.5. The van der Waals surface area contributed by atoms with Gasteiger partial charge in [0.2, 0.25) is 5.28 Å². The lowest BCUT2D eigenvalue weighted by Crippen LogP contribution is -2.30. The molecule has 3 aromatic rings. The lowest BCUT2D eigenvalue weighted by atomic mass is 9.94. The second kappa shape index (κ2) is 8.40. The minimum Gasteiger partial charge on any atom is -0.481 e. The summed E-state index contributed by atoms with van der Waals surface area (Å²) in [4.78, 5) is 35.7. The van der Waals surface area contributed by atoms with E-state index in [4.69, 9.17) is 37.2 Å². The number of aryl methyl sites for hydroxylation is 1. The molecule has 0 spiro atoms. The Hall–Kier alpha value is -2.76. The van der Waals surface area contributed by atoms with Gasteiger partial charge in [-0.3, -0.25) is 14.2 Å². The molecule has 0 aliphatic carbocycles. The van der Waals surface area contributed by atoms with Crippen LogP contribution in [0.1, 0.15) is 44.1 Å². The van der Waals surface area contributed by atoms with Crippen LogP contribution in [0.4, 0.5) is 0 Å². The maximum atomic E-state index is 11.8. The van der Waals surface area contributed by atoms with E-state index in [1.807, 2.05) is 6.92 Å². The topological polar surface area (TPSA) is 142 Å². The van der Waals surface area contributed by atoms with E-state index in [0.717, 1.165) is 0 Å². The summed E-state index contributed by atoms with van der Waals surface area (Å²) in [6.45, 7) is 3.14. The summed E-state index contributed by atoms with van der Waals surface area (Å²) in [5, 5.41) is 13.4. The molecule has 0 saturated carbocycles. The minimum atomic E-state index is -1.10. The number of carbonyl (C=O) groups excluding carboxylic acids is 1. The number of ether oxygens (including phenoxy) is 2. The lowest BCUT2D eigenvalue weighted by Gasteiger charge is -2.22. The van der Waals surface area contributed by atoms with Crippen LogP contribution in [0.5, 0.6) is 0 Å². The van der Waals surface area contributed by atoms with E-state index >= 15 is 0 Å². The molecule has 1 fully saturated rings. The van der Waals surface area contributed by atoms with Crippen LogP contribution in [0, 0.1) is 5.92 Å². The molecule has 11 nitrogen and oxygen atoms in total. The van der Waals surface area contributed by atoms with Gasteiger partial charge in [-0.05, 0) is 18.0 Å². The SMILES string of the molecule is CCc1cc([C@H]2O[C@@H](n3cnc4c(Cl)nc(Cl)nc43)[C@H](CC(=O)O)[C@H]2OC(C)=O)on1. The maximum Gasteiger partial charge on any atom is 0.303 e. The largest absolute Gasteiger partial charge is 0.481 e. The molecule has 0 bridgehead atoms. The van der Waals surface area contributed by atoms with Crippen molar-refractivity contribution in [1.29, 1.82) is 0 Å². The fourth-order valence-corrected chi connectivity index (χ4v) is 4.07. The fourth-order valence-electron chi connectivity index (χ4n) is 3.65. The van der Waals surface area contributed by atoms with Gasteiger partial charge < -0.3 is 19.1 Å². The first kappa shape index (κ1) is 21.5. The summed E-state index contributed by atoms with van der Waals surface area (Å²) in [5.41, 5.74) is 1.20. The molecular formula is C18H17Cl2N5O6. The van der Waals surface area contributed by atoms with Crippen molar-refractivity contribution in [3.8, 4) is 0 Å². The van der Waals surface area contributed by atoms with Crippen molar-refractivity contribution < 1.29 is 28.7 Å². The van der Waals surface area contributed by atoms with E-state index in [1.54, 1.807) is 6.07 Å². The zero-order chi connectivity index (χ0) is 22.3. The van der Waals surface area contributed by atoms with Crippen LogP contribution in [-0.4, -0.2) is 47.8 Å². The molecule has 31 heavy (non-hydrogen) atoms. The number of carboxylic acid groups (broad SMARTS) is 1. The van der Waals surface area contributed by atoms with Crippen molar-refractivity contribution in [2.24, 2.45) is 5.92 Å². The molecule has 164 valence electrons. The first-order chi connectivity index (χ1) is 14.8. The summed E-state index contributed by atoms with van der Waals surface area (Å²) in [6, 6.07) is 1.68. The number of esters is 1. The number of hydrogen-bond acceptors (Lipinski definition) is 9. The van der Waals surface area contributed by atoms with Gasteiger partial charge in [-0.25, -0.2) is 9.97 Å². The van der Waals surface area contributed by atoms with Crippen LogP contribution in [-0.2, 0) is 25.5 Å². The molecule has 0 aromatic carbocycles. The fraction of sp³-hybridized carbons (Fsp3) is 0.444. The number of carboxylic acids is 1. The number of hydrogen-bond donors (Lipinski definition) is 1. The number of aliphatic carboxylic acids is 1. The number of imidazole rings is 1. The molecule has 0 unspecified atom stereocenters. The van der Waals surface area contributed by atoms with Gasteiger partial charge in [0, 0.05) is 13.0 Å². The zero-order valence-corrected chi connectivity index (χ0v) is 17.9. The molecule has 3 aromatic heterocycles. The molecule has 4 heterocycles. The second-order valence-electron chi connectivity index (χ2n) is 6.96. The Morgan fingerprint density at radius 2 is 2.10 bits per heavy atom. The van der Waals surface area contributed by atoms with Gasteiger partial charge in [0.25, 0.3) is 0 Å². The van der Waals surface area contributed by atoms with E-state index in [-0.39, 0.29) is 28.0 Å². The van der Waals surface area contributed by atoms with Crippen LogP contribution >= 0.6 is 23.2 Å². The van der Waals surface area contributed by atoms with E-state index in [1.165, 1.54) is 17.8 Å². The number of fused-ring (bicyclic) bond motifs is 1. The molecule has 4 rings (SSSR count). The quantitative estimate of drug-likeness (QED) is 0.325. The van der Waals surface area contributed by atoms with Gasteiger partial charge in [0.05, 0.1) is 24.4 Å². The summed E-state index contributed by atoms with van der Waals surface area (Å²) in [5.74, 6) is -2.17. The Labute approximate surface area is 185 Å². The van der Waals surface area contributed by atoms with Crippen molar-refractivity contribution in [1.82, 2.24) is 24.7 Å². The van der Waals surface area contributed by atoms with Gasteiger partial charge in [-0.1, -0.05) is 23.7 Å². The Kier molecular flexibility index (Phi) is 5.82. The van der Waals surface area contributed by atoms with Crippen LogP contribution < -0.4 is 0 Å². The third-order valence-electron chi connectivity index (χ3n) is 4.93. The average molecular weight is 470 g/mol. The van der Waals surface area contributed by atoms with Crippen molar-refractivity contribution in [3.63, 3.8) is 0 Å². The van der Waals surface area contributed by atoms with Crippen LogP contribution in [0.3, 0.4) is 0 Å². The standard InChI is InChI=1S/C18H17Cl2N5O6/c1-3-8-4-10(31-24-8)14-13(29-7(2)26)9(5-11(27)28)17(30-14)25-6-21-12-15(19)22-18(20)23-16(12)25/h4,6,9,13-14,17H,3,5H2,1-2H3,(H,27,28)/t9-,13-,14-,17-/m1/s1. The highest BCUT2D eigenvalue weighted by Crippen LogP contribution is 2.47. The molecule has 4 atom stereocenters. The summed E-state index contributed by atoms with van der Waals surface area (Å²) >= 11 is 12.1. The number of carbonyl (C=O) groups is 2. The highest BCUT2D eigenvalue weighted by Gasteiger charge is 2.51.